The van der Waals surface area contributed by atoms with Crippen LogP contribution in [-0.2, 0) is 9.59 Å². The first-order chi connectivity index (χ1) is 12.6. The molecule has 3 aromatic rings. The van der Waals surface area contributed by atoms with Gasteiger partial charge in [0, 0.05) is 23.3 Å². The van der Waals surface area contributed by atoms with E-state index in [2.05, 4.69) is 20.9 Å². The molecule has 1 heterocycles. The van der Waals surface area contributed by atoms with Gasteiger partial charge >= 0.3 is 11.8 Å². The second-order valence-corrected chi connectivity index (χ2v) is 5.70. The van der Waals surface area contributed by atoms with Gasteiger partial charge in [-0.25, -0.2) is 4.98 Å². The van der Waals surface area contributed by atoms with Crippen molar-refractivity contribution in [2.24, 2.45) is 0 Å². The lowest BCUT2D eigenvalue weighted by atomic mass is 10.2. The van der Waals surface area contributed by atoms with E-state index in [1.165, 1.54) is 0 Å². The van der Waals surface area contributed by atoms with Crippen LogP contribution in [0.3, 0.4) is 0 Å². The number of para-hydroxylation sites is 1. The van der Waals surface area contributed by atoms with Gasteiger partial charge in [-0.1, -0.05) is 24.3 Å². The molecule has 0 aliphatic rings. The predicted octanol–water partition coefficient (Wildman–Crippen LogP) is 3.71. The fraction of sp³-hybridized carbons (Fsp3) is 0.0500. The third-order valence-corrected chi connectivity index (χ3v) is 3.56. The SMILES string of the molecule is Cc1ccc(NC(=O)C(=O)Nc2ccc(Nc3ccccc3)cc2)nc1. The molecule has 26 heavy (non-hydrogen) atoms. The molecule has 0 saturated heterocycles. The number of rotatable bonds is 4. The Labute approximate surface area is 151 Å². The number of anilines is 4. The van der Waals surface area contributed by atoms with Crippen LogP contribution in [0.4, 0.5) is 22.9 Å². The number of benzene rings is 2. The summed E-state index contributed by atoms with van der Waals surface area (Å²) >= 11 is 0. The number of hydrogen-bond acceptors (Lipinski definition) is 4. The highest BCUT2D eigenvalue weighted by molar-refractivity contribution is 6.43. The molecule has 0 unspecified atom stereocenters. The Kier molecular flexibility index (Phi) is 5.24. The molecule has 1 aromatic heterocycles. The molecule has 130 valence electrons. The fourth-order valence-corrected chi connectivity index (χ4v) is 2.23. The van der Waals surface area contributed by atoms with Crippen LogP contribution in [0.25, 0.3) is 0 Å². The Balaban J connectivity index is 1.57. The third-order valence-electron chi connectivity index (χ3n) is 3.56. The second kappa shape index (κ2) is 7.94. The van der Waals surface area contributed by atoms with Crippen molar-refractivity contribution in [3.05, 3.63) is 78.5 Å². The summed E-state index contributed by atoms with van der Waals surface area (Å²) in [6.45, 7) is 1.89. The number of carbonyl (C=O) groups is 2. The van der Waals surface area contributed by atoms with Crippen molar-refractivity contribution in [1.29, 1.82) is 0 Å². The molecule has 2 aromatic carbocycles. The van der Waals surface area contributed by atoms with E-state index >= 15 is 0 Å². The molecule has 0 aliphatic carbocycles. The van der Waals surface area contributed by atoms with Crippen LogP contribution in [0.5, 0.6) is 0 Å². The van der Waals surface area contributed by atoms with Gasteiger partial charge in [-0.15, -0.1) is 0 Å². The minimum Gasteiger partial charge on any atom is -0.356 e. The Bertz CT molecular complexity index is 891. The number of aromatic nitrogens is 1. The zero-order valence-corrected chi connectivity index (χ0v) is 14.2. The van der Waals surface area contributed by atoms with Crippen LogP contribution in [-0.4, -0.2) is 16.8 Å². The van der Waals surface area contributed by atoms with E-state index in [1.807, 2.05) is 49.4 Å². The lowest BCUT2D eigenvalue weighted by Crippen LogP contribution is -2.29. The number of hydrogen-bond donors (Lipinski definition) is 3. The molecule has 0 radical (unpaired) electrons. The molecule has 2 amide bonds. The lowest BCUT2D eigenvalue weighted by molar-refractivity contribution is -0.133. The zero-order chi connectivity index (χ0) is 18.4. The van der Waals surface area contributed by atoms with Gasteiger partial charge in [0.25, 0.3) is 0 Å². The van der Waals surface area contributed by atoms with Gasteiger partial charge in [0.2, 0.25) is 0 Å². The standard InChI is InChI=1S/C20H18N4O2/c1-14-7-12-18(21-13-14)24-20(26)19(25)23-17-10-8-16(9-11-17)22-15-5-3-2-4-6-15/h2-13,22H,1H3,(H,23,25)(H,21,24,26). The zero-order valence-electron chi connectivity index (χ0n) is 14.2. The van der Waals surface area contributed by atoms with E-state index in [0.717, 1.165) is 16.9 Å². The molecular formula is C20H18N4O2. The summed E-state index contributed by atoms with van der Waals surface area (Å²) in [6.07, 6.45) is 1.62. The second-order valence-electron chi connectivity index (χ2n) is 5.70. The molecule has 0 atom stereocenters. The first kappa shape index (κ1) is 17.2. The monoisotopic (exact) mass is 346 g/mol. The maximum Gasteiger partial charge on any atom is 0.315 e. The van der Waals surface area contributed by atoms with E-state index < -0.39 is 11.8 Å². The topological polar surface area (TPSA) is 83.1 Å². The smallest absolute Gasteiger partial charge is 0.315 e. The molecule has 6 heteroatoms. The van der Waals surface area contributed by atoms with Crippen LogP contribution in [0.2, 0.25) is 0 Å². The van der Waals surface area contributed by atoms with Crippen LogP contribution in [0.1, 0.15) is 5.56 Å². The van der Waals surface area contributed by atoms with Crippen LogP contribution in [0.15, 0.2) is 72.9 Å². The molecule has 0 bridgehead atoms. The van der Waals surface area contributed by atoms with Gasteiger partial charge < -0.3 is 16.0 Å². The fourth-order valence-electron chi connectivity index (χ4n) is 2.23. The number of nitrogens with one attached hydrogen (secondary N) is 3. The van der Waals surface area contributed by atoms with Crippen molar-refractivity contribution >= 4 is 34.7 Å². The first-order valence-electron chi connectivity index (χ1n) is 8.07. The minimum atomic E-state index is -0.771. The summed E-state index contributed by atoms with van der Waals surface area (Å²) in [4.78, 5) is 28.0. The summed E-state index contributed by atoms with van der Waals surface area (Å²) in [5.74, 6) is -1.19. The maximum atomic E-state index is 12.0. The number of nitrogens with zero attached hydrogens (tertiary/aromatic N) is 1. The molecule has 0 saturated carbocycles. The molecule has 6 nitrogen and oxygen atoms in total. The van der Waals surface area contributed by atoms with Crippen molar-refractivity contribution in [2.75, 3.05) is 16.0 Å². The van der Waals surface area contributed by atoms with Gasteiger partial charge in [0.05, 0.1) is 0 Å². The summed E-state index contributed by atoms with van der Waals surface area (Å²) in [5, 5.41) is 8.26. The van der Waals surface area contributed by atoms with Gasteiger partial charge in [0.1, 0.15) is 5.82 Å². The molecular weight excluding hydrogens is 328 g/mol. The van der Waals surface area contributed by atoms with Gasteiger partial charge in [0.15, 0.2) is 0 Å². The van der Waals surface area contributed by atoms with Gasteiger partial charge in [-0.2, -0.15) is 0 Å². The lowest BCUT2D eigenvalue weighted by Gasteiger charge is -2.09. The van der Waals surface area contributed by atoms with Crippen LogP contribution in [0, 0.1) is 6.92 Å². The summed E-state index contributed by atoms with van der Waals surface area (Å²) in [7, 11) is 0. The van der Waals surface area contributed by atoms with Gasteiger partial charge in [-0.3, -0.25) is 9.59 Å². The van der Waals surface area contributed by atoms with Gasteiger partial charge in [-0.05, 0) is 55.0 Å². The van der Waals surface area contributed by atoms with Crippen LogP contribution >= 0.6 is 0 Å². The highest BCUT2D eigenvalue weighted by atomic mass is 16.2. The third kappa shape index (κ3) is 4.67. The van der Waals surface area contributed by atoms with Crippen molar-refractivity contribution in [1.82, 2.24) is 4.98 Å². The Morgan fingerprint density at radius 1 is 0.731 bits per heavy atom. The normalized spacial score (nSPS) is 10.0. The van der Waals surface area contributed by atoms with E-state index in [1.54, 1.807) is 30.5 Å². The Morgan fingerprint density at radius 3 is 2.00 bits per heavy atom. The molecule has 3 rings (SSSR count). The molecule has 0 aliphatic heterocycles. The number of carbonyl (C=O) groups excluding carboxylic acids is 2. The minimum absolute atomic E-state index is 0.332. The molecule has 0 spiro atoms. The average Bonchev–Trinajstić information content (AvgIpc) is 2.66. The number of pyridine rings is 1. The maximum absolute atomic E-state index is 12.0. The Morgan fingerprint density at radius 2 is 1.35 bits per heavy atom. The van der Waals surface area contributed by atoms with E-state index in [0.29, 0.717) is 11.5 Å². The van der Waals surface area contributed by atoms with E-state index in [-0.39, 0.29) is 0 Å². The average molecular weight is 346 g/mol. The molecule has 0 fully saturated rings. The Hall–Kier alpha value is -3.67. The quantitative estimate of drug-likeness (QED) is 0.629. The van der Waals surface area contributed by atoms with Crippen molar-refractivity contribution < 1.29 is 9.59 Å². The van der Waals surface area contributed by atoms with Crippen molar-refractivity contribution in [3.8, 4) is 0 Å². The largest absolute Gasteiger partial charge is 0.356 e. The van der Waals surface area contributed by atoms with Crippen molar-refractivity contribution in [2.45, 2.75) is 6.92 Å². The highest BCUT2D eigenvalue weighted by Gasteiger charge is 2.14. The van der Waals surface area contributed by atoms with E-state index in [9.17, 15) is 9.59 Å². The summed E-state index contributed by atoms with van der Waals surface area (Å²) in [6, 6.07) is 20.3. The summed E-state index contributed by atoms with van der Waals surface area (Å²) in [5.41, 5.74) is 3.34. The number of aryl methyl sites for hydroxylation is 1. The highest BCUT2D eigenvalue weighted by Crippen LogP contribution is 2.18. The summed E-state index contributed by atoms with van der Waals surface area (Å²) < 4.78 is 0. The van der Waals surface area contributed by atoms with E-state index in [4.69, 9.17) is 0 Å². The van der Waals surface area contributed by atoms with Crippen molar-refractivity contribution in [3.63, 3.8) is 0 Å². The van der Waals surface area contributed by atoms with Crippen LogP contribution < -0.4 is 16.0 Å². The molecule has 3 N–H and O–H groups in total. The number of amides is 2. The first-order valence-corrected chi connectivity index (χ1v) is 8.07. The predicted molar refractivity (Wildman–Crippen MR) is 102 cm³/mol.